The summed E-state index contributed by atoms with van der Waals surface area (Å²) < 4.78 is 40.3. The Labute approximate surface area is 95.3 Å². The molecule has 0 bridgehead atoms. The lowest BCUT2D eigenvalue weighted by atomic mass is 10.0. The quantitative estimate of drug-likeness (QED) is 0.512. The highest BCUT2D eigenvalue weighted by atomic mass is 19.2. The van der Waals surface area contributed by atoms with E-state index < -0.39 is 17.5 Å². The molecule has 0 amide bonds. The highest BCUT2D eigenvalue weighted by Gasteiger charge is 2.14. The number of halogens is 3. The molecule has 0 aliphatic rings. The summed E-state index contributed by atoms with van der Waals surface area (Å²) in [6.07, 6.45) is 0. The Hall–Kier alpha value is -2.03. The highest BCUT2D eigenvalue weighted by Crippen LogP contribution is 2.30. The first kappa shape index (κ1) is 10.1. The van der Waals surface area contributed by atoms with E-state index in [0.29, 0.717) is 16.2 Å². The molecule has 0 nitrogen and oxygen atoms in total. The van der Waals surface area contributed by atoms with E-state index in [0.717, 1.165) is 0 Å². The first-order valence-corrected chi connectivity index (χ1v) is 4.96. The van der Waals surface area contributed by atoms with Gasteiger partial charge in [0.1, 0.15) is 5.82 Å². The summed E-state index contributed by atoms with van der Waals surface area (Å²) in [6, 6.07) is 12.3. The van der Waals surface area contributed by atoms with Gasteiger partial charge in [0.25, 0.3) is 0 Å². The van der Waals surface area contributed by atoms with E-state index in [9.17, 15) is 13.2 Å². The first-order valence-electron chi connectivity index (χ1n) is 4.96. The Kier molecular flexibility index (Phi) is 2.08. The molecule has 0 unspecified atom stereocenters. The second kappa shape index (κ2) is 3.48. The predicted molar refractivity (Wildman–Crippen MR) is 59.0 cm³/mol. The molecular weight excluding hydrogens is 225 g/mol. The molecule has 0 fully saturated rings. The van der Waals surface area contributed by atoms with Crippen molar-refractivity contribution < 1.29 is 13.2 Å². The summed E-state index contributed by atoms with van der Waals surface area (Å²) in [5.74, 6) is -3.15. The number of hydrogen-bond donors (Lipinski definition) is 0. The molecular formula is C14H5F3. The number of benzene rings is 3. The van der Waals surface area contributed by atoms with Crippen LogP contribution in [0.15, 0.2) is 30.3 Å². The van der Waals surface area contributed by atoms with Gasteiger partial charge in [-0.15, -0.1) is 0 Å². The first-order chi connectivity index (χ1) is 8.18. The van der Waals surface area contributed by atoms with Crippen LogP contribution in [-0.2, 0) is 0 Å². The molecule has 2 radical (unpaired) electrons. The van der Waals surface area contributed by atoms with E-state index >= 15 is 0 Å². The zero-order valence-corrected chi connectivity index (χ0v) is 8.52. The van der Waals surface area contributed by atoms with Crippen molar-refractivity contribution in [3.05, 3.63) is 59.9 Å². The van der Waals surface area contributed by atoms with Gasteiger partial charge < -0.3 is 0 Å². The van der Waals surface area contributed by atoms with E-state index in [-0.39, 0.29) is 5.39 Å². The summed E-state index contributed by atoms with van der Waals surface area (Å²) >= 11 is 0. The average molecular weight is 230 g/mol. The van der Waals surface area contributed by atoms with Crippen LogP contribution in [0, 0.1) is 29.6 Å². The molecule has 0 atom stereocenters. The Balaban J connectivity index is 2.63. The van der Waals surface area contributed by atoms with Gasteiger partial charge in [-0.3, -0.25) is 0 Å². The minimum absolute atomic E-state index is 0.313. The highest BCUT2D eigenvalue weighted by molar-refractivity contribution is 6.07. The van der Waals surface area contributed by atoms with Gasteiger partial charge >= 0.3 is 0 Å². The minimum Gasteiger partial charge on any atom is -0.206 e. The summed E-state index contributed by atoms with van der Waals surface area (Å²) in [7, 11) is 0. The smallest absolute Gasteiger partial charge is 0.170 e. The Bertz CT molecular complexity index is 732. The third-order valence-corrected chi connectivity index (χ3v) is 2.73. The summed E-state index contributed by atoms with van der Waals surface area (Å²) in [4.78, 5) is 0. The van der Waals surface area contributed by atoms with Crippen LogP contribution in [0.2, 0.25) is 0 Å². The second-order valence-corrected chi connectivity index (χ2v) is 3.71. The zero-order valence-electron chi connectivity index (χ0n) is 8.52. The van der Waals surface area contributed by atoms with Gasteiger partial charge in [0, 0.05) is 6.07 Å². The normalized spacial score (nSPS) is 11.2. The maximum absolute atomic E-state index is 13.7. The van der Waals surface area contributed by atoms with Crippen molar-refractivity contribution in [2.24, 2.45) is 0 Å². The largest absolute Gasteiger partial charge is 0.206 e. The van der Waals surface area contributed by atoms with Crippen molar-refractivity contribution in [2.75, 3.05) is 0 Å². The van der Waals surface area contributed by atoms with Crippen LogP contribution < -0.4 is 0 Å². The van der Waals surface area contributed by atoms with Crippen molar-refractivity contribution >= 4 is 21.5 Å². The van der Waals surface area contributed by atoms with Crippen LogP contribution in [0.5, 0.6) is 0 Å². The monoisotopic (exact) mass is 230 g/mol. The molecule has 3 heteroatoms. The van der Waals surface area contributed by atoms with Crippen molar-refractivity contribution in [2.45, 2.75) is 0 Å². The third kappa shape index (κ3) is 1.39. The molecule has 17 heavy (non-hydrogen) atoms. The SMILES string of the molecule is Fc1[c]cc2c(c(F)cc3c[c]ccc32)c1F. The maximum atomic E-state index is 13.7. The van der Waals surface area contributed by atoms with Gasteiger partial charge in [0.2, 0.25) is 0 Å². The van der Waals surface area contributed by atoms with Gasteiger partial charge in [-0.1, -0.05) is 12.1 Å². The van der Waals surface area contributed by atoms with Crippen molar-refractivity contribution in [1.29, 1.82) is 0 Å². The van der Waals surface area contributed by atoms with Crippen LogP contribution in [-0.4, -0.2) is 0 Å². The van der Waals surface area contributed by atoms with E-state index in [2.05, 4.69) is 12.1 Å². The summed E-state index contributed by atoms with van der Waals surface area (Å²) in [6.45, 7) is 0. The Morgan fingerprint density at radius 1 is 1.00 bits per heavy atom. The molecule has 0 aliphatic heterocycles. The predicted octanol–water partition coefficient (Wildman–Crippen LogP) is 4.01. The third-order valence-electron chi connectivity index (χ3n) is 2.73. The lowest BCUT2D eigenvalue weighted by Crippen LogP contribution is -1.91. The van der Waals surface area contributed by atoms with E-state index in [4.69, 9.17) is 0 Å². The minimum atomic E-state index is -1.20. The molecule has 0 N–H and O–H groups in total. The van der Waals surface area contributed by atoms with Crippen molar-refractivity contribution in [1.82, 2.24) is 0 Å². The molecule has 3 aromatic carbocycles. The molecule has 0 aliphatic carbocycles. The molecule has 3 rings (SSSR count). The molecule has 0 saturated carbocycles. The van der Waals surface area contributed by atoms with E-state index in [1.54, 1.807) is 18.2 Å². The van der Waals surface area contributed by atoms with Gasteiger partial charge in [0.05, 0.1) is 5.39 Å². The number of hydrogen-bond acceptors (Lipinski definition) is 0. The molecule has 0 aromatic heterocycles. The maximum Gasteiger partial charge on any atom is 0.170 e. The topological polar surface area (TPSA) is 0 Å². The Morgan fingerprint density at radius 3 is 2.65 bits per heavy atom. The van der Waals surface area contributed by atoms with Crippen molar-refractivity contribution in [3.8, 4) is 0 Å². The summed E-state index contributed by atoms with van der Waals surface area (Å²) in [5, 5.41) is 1.22. The molecule has 3 aromatic rings. The van der Waals surface area contributed by atoms with Gasteiger partial charge in [-0.05, 0) is 40.4 Å². The molecule has 82 valence electrons. The summed E-state index contributed by atoms with van der Waals surface area (Å²) in [5.41, 5.74) is 0. The van der Waals surface area contributed by atoms with Crippen LogP contribution in [0.4, 0.5) is 13.2 Å². The zero-order chi connectivity index (χ0) is 12.0. The standard InChI is InChI=1S/C14H5F3/c15-11-6-5-10-9-4-2-1-3-8(9)7-12(16)13(10)14(11)17/h2-5,7H. The van der Waals surface area contributed by atoms with E-state index in [1.165, 1.54) is 12.1 Å². The van der Waals surface area contributed by atoms with Crippen molar-refractivity contribution in [3.63, 3.8) is 0 Å². The lowest BCUT2D eigenvalue weighted by molar-refractivity contribution is 0.510. The number of rotatable bonds is 0. The number of fused-ring (bicyclic) bond motifs is 3. The molecule has 0 heterocycles. The van der Waals surface area contributed by atoms with Crippen LogP contribution in [0.3, 0.4) is 0 Å². The average Bonchev–Trinajstić information content (AvgIpc) is 2.33. The fraction of sp³-hybridized carbons (Fsp3) is 0. The molecule has 0 spiro atoms. The van der Waals surface area contributed by atoms with Crippen LogP contribution in [0.1, 0.15) is 0 Å². The lowest BCUT2D eigenvalue weighted by Gasteiger charge is -2.06. The van der Waals surface area contributed by atoms with Gasteiger partial charge in [-0.2, -0.15) is 0 Å². The van der Waals surface area contributed by atoms with Gasteiger partial charge in [0.15, 0.2) is 11.6 Å². The molecule has 0 saturated heterocycles. The fourth-order valence-electron chi connectivity index (χ4n) is 1.96. The second-order valence-electron chi connectivity index (χ2n) is 3.71. The van der Waals surface area contributed by atoms with E-state index in [1.807, 2.05) is 0 Å². The Morgan fingerprint density at radius 2 is 1.82 bits per heavy atom. The van der Waals surface area contributed by atoms with Gasteiger partial charge in [-0.25, -0.2) is 13.2 Å². The fourth-order valence-corrected chi connectivity index (χ4v) is 1.96. The van der Waals surface area contributed by atoms with Crippen LogP contribution in [0.25, 0.3) is 21.5 Å². The van der Waals surface area contributed by atoms with Crippen LogP contribution >= 0.6 is 0 Å².